The first-order valence-electron chi connectivity index (χ1n) is 36.4. The predicted molar refractivity (Wildman–Crippen MR) is 390 cm³/mol. The second-order valence-corrected chi connectivity index (χ2v) is 32.1. The summed E-state index contributed by atoms with van der Waals surface area (Å²) in [5.74, 6) is -4.90. The number of unbranched alkanes of at least 4 members (excludes halogenated alkanes) is 2. The largest absolute Gasteiger partial charge is 0.479 e. The zero-order valence-corrected chi connectivity index (χ0v) is 61.6. The number of likely N-dealkylation sites (N-methyl/N-ethyl adjacent to an activating group) is 1. The lowest BCUT2D eigenvalue weighted by Gasteiger charge is -2.69. The van der Waals surface area contributed by atoms with Crippen molar-refractivity contribution in [1.29, 1.82) is 0 Å². The Morgan fingerprint density at radius 3 is 2.27 bits per heavy atom. The number of pyridine rings is 1. The molecule has 13 rings (SSSR count). The number of imide groups is 1. The number of fused-ring (bicyclic) bond motifs is 2. The second kappa shape index (κ2) is 31.2. The fourth-order valence-electron chi connectivity index (χ4n) is 17.9. The Morgan fingerprint density at radius 2 is 1.56 bits per heavy atom. The zero-order chi connectivity index (χ0) is 75.7. The minimum absolute atomic E-state index is 0.0536. The van der Waals surface area contributed by atoms with Crippen LogP contribution < -0.4 is 20.9 Å². The summed E-state index contributed by atoms with van der Waals surface area (Å²) in [5, 5.41) is 66.5. The van der Waals surface area contributed by atoms with Crippen molar-refractivity contribution in [3.05, 3.63) is 136 Å². The molecule has 8 N–H and O–H groups in total. The smallest absolute Gasteiger partial charge is 0.409 e. The van der Waals surface area contributed by atoms with Gasteiger partial charge in [0.1, 0.15) is 36.8 Å². The number of ether oxygens (including phenoxy) is 3. The van der Waals surface area contributed by atoms with Gasteiger partial charge in [-0.25, -0.2) is 24.4 Å². The van der Waals surface area contributed by atoms with Gasteiger partial charge in [-0.15, -0.1) is 0 Å². The van der Waals surface area contributed by atoms with Gasteiger partial charge in [0.2, 0.25) is 11.8 Å². The Kier molecular flexibility index (Phi) is 22.5. The van der Waals surface area contributed by atoms with Crippen LogP contribution in [0.3, 0.4) is 0 Å². The molecule has 7 aliphatic rings. The highest BCUT2D eigenvalue weighted by molar-refractivity contribution is 7.22. The highest BCUT2D eigenvalue weighted by Crippen LogP contribution is 2.72. The minimum Gasteiger partial charge on any atom is -0.479 e. The Bertz CT molecular complexity index is 4370. The van der Waals surface area contributed by atoms with Crippen molar-refractivity contribution in [1.82, 2.24) is 40.2 Å². The quantitative estimate of drug-likeness (QED) is 0.0157. The standard InChI is InChI=1S/C78H94N10O17S/c1-44(2)63(83-60(90)18-9-8-12-28-87-61(91)25-26-62(87)92)70(97)80-45(3)56(89)33-47-19-20-50(49(32-47)21-23-57-65(93)66(94)67(95)68(105-57)72(100)101)36-103-74(102)85(7)30-31-104-78-40-75(5)37-76(6,41-78)39-77(38-75,42-78)43-88-46(4)53(34-79-88)51-22-24-59(82-64(51)71(98)99)86-29-27-48-14-13-15-52(54(48)35-86)69(96)84-73-81-55-16-10-11-17-58(55)106-73/h10-11,13-17,19-20,22,24-26,32,34,44-45,57,63,65-68,93-95H,8-9,12,18,21,23,27-31,33,35-43H2,1-7H3,(H,80,97)(H,83,90)(H,98,99)(H,100,101)(H,81,84,96)/t45-,57-,63-,65-,66+,67-,68-,75?,76?,77?,78?/m0/s1. The number of hydrogen-bond donors (Lipinski definition) is 8. The minimum atomic E-state index is -1.89. The summed E-state index contributed by atoms with van der Waals surface area (Å²) < 4.78 is 21.5. The number of carboxylic acids is 2. The van der Waals surface area contributed by atoms with Crippen LogP contribution in [0.5, 0.6) is 0 Å². The van der Waals surface area contributed by atoms with Crippen LogP contribution in [0.15, 0.2) is 91.1 Å². The number of ketones is 1. The first kappa shape index (κ1) is 76.3. The number of nitrogens with one attached hydrogen (secondary N) is 3. The van der Waals surface area contributed by atoms with Crippen molar-refractivity contribution in [2.24, 2.45) is 22.2 Å². The summed E-state index contributed by atoms with van der Waals surface area (Å²) in [7, 11) is 1.62. The number of Topliss-reactive ketones (excluding diaryl/α,β-unsaturated/α-hetero) is 1. The molecular weight excluding hydrogens is 1380 g/mol. The first-order chi connectivity index (χ1) is 50.4. The molecule has 6 amide bonds. The molecule has 4 bridgehead atoms. The number of aryl methyl sites for hydroxylation is 1. The monoisotopic (exact) mass is 1470 g/mol. The van der Waals surface area contributed by atoms with Crippen LogP contribution in [0.4, 0.5) is 15.7 Å². The van der Waals surface area contributed by atoms with E-state index in [1.807, 2.05) is 59.0 Å². The van der Waals surface area contributed by atoms with Crippen molar-refractivity contribution >= 4 is 85.9 Å². The van der Waals surface area contributed by atoms with E-state index in [2.05, 4.69) is 34.8 Å². The molecule has 0 spiro atoms. The first-order valence-corrected chi connectivity index (χ1v) is 37.2. The van der Waals surface area contributed by atoms with Gasteiger partial charge in [-0.3, -0.25) is 43.7 Å². The molecule has 6 heterocycles. The van der Waals surface area contributed by atoms with E-state index in [9.17, 15) is 68.7 Å². The van der Waals surface area contributed by atoms with Crippen LogP contribution in [-0.2, 0) is 81.9 Å². The fourth-order valence-corrected chi connectivity index (χ4v) is 18.8. The third-order valence-corrected chi connectivity index (χ3v) is 23.0. The number of rotatable bonds is 30. The van der Waals surface area contributed by atoms with Gasteiger partial charge in [0.15, 0.2) is 22.7 Å². The van der Waals surface area contributed by atoms with Crippen molar-refractivity contribution < 1.29 is 82.9 Å². The number of anilines is 2. The number of amides is 6. The molecule has 3 aliphatic heterocycles. The Balaban J connectivity index is 0.667. The molecule has 106 heavy (non-hydrogen) atoms. The number of carbonyl (C=O) groups is 9. The summed E-state index contributed by atoms with van der Waals surface area (Å²) in [6, 6.07) is 20.1. The number of thiazole rings is 1. The van der Waals surface area contributed by atoms with Crippen LogP contribution >= 0.6 is 11.3 Å². The Hall–Kier alpha value is -9.32. The number of aliphatic hydroxyl groups excluding tert-OH is 3. The van der Waals surface area contributed by atoms with Gasteiger partial charge in [0.05, 0.1) is 40.8 Å². The number of aliphatic hydroxyl groups is 3. The Labute approximate surface area is 618 Å². The maximum Gasteiger partial charge on any atom is 0.409 e. The summed E-state index contributed by atoms with van der Waals surface area (Å²) in [5.41, 5.74) is 5.74. The molecule has 5 fully saturated rings. The molecule has 28 heteroatoms. The van der Waals surface area contributed by atoms with Crippen molar-refractivity contribution in [2.45, 2.75) is 199 Å². The number of carboxylic acid groups (broad SMARTS) is 2. The average molecular weight is 1480 g/mol. The van der Waals surface area contributed by atoms with E-state index in [4.69, 9.17) is 24.3 Å². The second-order valence-electron chi connectivity index (χ2n) is 31.1. The van der Waals surface area contributed by atoms with E-state index >= 15 is 0 Å². The summed E-state index contributed by atoms with van der Waals surface area (Å²) in [4.78, 5) is 131. The van der Waals surface area contributed by atoms with E-state index in [0.717, 1.165) is 70.5 Å². The highest BCUT2D eigenvalue weighted by atomic mass is 32.1. The van der Waals surface area contributed by atoms with Gasteiger partial charge in [-0.05, 0) is 165 Å². The molecule has 4 saturated carbocycles. The molecule has 27 nitrogen and oxygen atoms in total. The summed E-state index contributed by atoms with van der Waals surface area (Å²) in [6.45, 7) is 13.6. The van der Waals surface area contributed by atoms with E-state index in [1.54, 1.807) is 57.4 Å². The number of nitrogens with zero attached hydrogens (tertiary/aromatic N) is 7. The molecule has 4 aliphatic carbocycles. The van der Waals surface area contributed by atoms with Gasteiger partial charge in [0.25, 0.3) is 17.7 Å². The van der Waals surface area contributed by atoms with Crippen LogP contribution in [-0.4, -0.2) is 190 Å². The number of aliphatic carboxylic acids is 1. The number of benzene rings is 3. The number of carbonyl (C=O) groups excluding carboxylic acids is 7. The lowest BCUT2D eigenvalue weighted by atomic mass is 9.39. The molecule has 1 saturated heterocycles. The highest BCUT2D eigenvalue weighted by Gasteiger charge is 2.66. The van der Waals surface area contributed by atoms with Gasteiger partial charge < -0.3 is 60.2 Å². The number of aromatic carboxylic acids is 1. The van der Waals surface area contributed by atoms with E-state index < -0.39 is 72.1 Å². The topological polar surface area (TPSA) is 372 Å². The molecule has 2 unspecified atom stereocenters. The zero-order valence-electron chi connectivity index (χ0n) is 60.8. The van der Waals surface area contributed by atoms with Gasteiger partial charge >= 0.3 is 18.0 Å². The molecule has 9 atom stereocenters. The van der Waals surface area contributed by atoms with Gasteiger partial charge in [-0.1, -0.05) is 87.9 Å². The van der Waals surface area contributed by atoms with Crippen LogP contribution in [0.25, 0.3) is 21.3 Å². The maximum absolute atomic E-state index is 13.9. The number of para-hydroxylation sites is 1. The summed E-state index contributed by atoms with van der Waals surface area (Å²) in [6.07, 6.45) is 2.52. The third kappa shape index (κ3) is 16.8. The average Bonchev–Trinajstić information content (AvgIpc) is 0.697. The number of hydrogen-bond acceptors (Lipinski definition) is 20. The molecule has 564 valence electrons. The maximum atomic E-state index is 13.9. The number of aromatic nitrogens is 4. The molecule has 6 aromatic rings. The van der Waals surface area contributed by atoms with Crippen molar-refractivity contribution in [3.8, 4) is 11.1 Å². The lowest BCUT2D eigenvalue weighted by molar-refractivity contribution is -0.248. The van der Waals surface area contributed by atoms with E-state index in [0.29, 0.717) is 89.6 Å². The van der Waals surface area contributed by atoms with Crippen molar-refractivity contribution in [3.63, 3.8) is 0 Å². The third-order valence-electron chi connectivity index (χ3n) is 22.1. The van der Waals surface area contributed by atoms with Crippen molar-refractivity contribution in [2.75, 3.05) is 43.5 Å². The summed E-state index contributed by atoms with van der Waals surface area (Å²) >= 11 is 1.40. The lowest BCUT2D eigenvalue weighted by Crippen LogP contribution is -2.64. The molecular formula is C78H94N10O17S. The fraction of sp³-hybridized carbons (Fsp3) is 0.513. The van der Waals surface area contributed by atoms with Crippen LogP contribution in [0.1, 0.15) is 160 Å². The predicted octanol–water partition coefficient (Wildman–Crippen LogP) is 7.89. The van der Waals surface area contributed by atoms with E-state index in [1.165, 1.54) is 35.3 Å². The van der Waals surface area contributed by atoms with Crippen LogP contribution in [0.2, 0.25) is 0 Å². The normalized spacial score (nSPS) is 25.0. The SMILES string of the molecule is Cc1c(-c2ccc(N3CCc4cccc(C(=O)Nc5nc6ccccc6s5)c4C3)nc2C(=O)O)cnn1CC12CC3(C)CC(C)(C1)CC(OCCN(C)C(=O)OCc1ccc(CC(=O)[C@H](C)NC(=O)[C@@H](NC(=O)CCCCCN4C(=O)C=CC4=O)C(C)C)cc1CC[C@@H]1O[C@H](C(=O)O)[C@@H](O)[C@H](O)[C@H]1O)(C3)C2. The molecule has 0 radical (unpaired) electrons. The van der Waals surface area contributed by atoms with Crippen LogP contribution in [0, 0.1) is 29.1 Å². The van der Waals surface area contributed by atoms with E-state index in [-0.39, 0.29) is 109 Å². The molecule has 3 aromatic carbocycles. The van der Waals surface area contributed by atoms with Gasteiger partial charge in [0, 0.05) is 87.1 Å². The Morgan fingerprint density at radius 1 is 0.811 bits per heavy atom. The molecule has 3 aromatic heterocycles. The van der Waals surface area contributed by atoms with Gasteiger partial charge in [-0.2, -0.15) is 5.10 Å².